The Hall–Kier alpha value is -3.16. The van der Waals surface area contributed by atoms with Crippen molar-refractivity contribution in [3.05, 3.63) is 71.8 Å². The Kier molecular flexibility index (Phi) is 9.11. The standard InChI is InChI=1S/C27H36N6O/c28-25-18-26(34-24-10-5-2-6-11-24)33-27(32-25)31-20-22-14-12-21(13-15-22)19-29-16-7-17-30-23-8-3-1-4-9-23/h2,5-6,10-15,18,23,29-30H,1,3-4,7-9,16-17,19-20H2,(H3,28,31,32,33). The molecule has 7 nitrogen and oxygen atoms in total. The van der Waals surface area contributed by atoms with E-state index in [0.29, 0.717) is 29.9 Å². The molecule has 0 radical (unpaired) electrons. The first-order chi connectivity index (χ1) is 16.7. The van der Waals surface area contributed by atoms with Gasteiger partial charge < -0.3 is 26.4 Å². The van der Waals surface area contributed by atoms with Gasteiger partial charge in [0, 0.05) is 25.2 Å². The van der Waals surface area contributed by atoms with Crippen LogP contribution in [0.15, 0.2) is 60.7 Å². The maximum atomic E-state index is 5.93. The Morgan fingerprint density at radius 2 is 1.59 bits per heavy atom. The first-order valence-corrected chi connectivity index (χ1v) is 12.4. The second-order valence-corrected chi connectivity index (χ2v) is 8.86. The van der Waals surface area contributed by atoms with Crippen molar-refractivity contribution >= 4 is 11.8 Å². The third-order valence-electron chi connectivity index (χ3n) is 6.06. The minimum atomic E-state index is 0.360. The van der Waals surface area contributed by atoms with E-state index in [2.05, 4.69) is 50.2 Å². The lowest BCUT2D eigenvalue weighted by molar-refractivity contribution is 0.371. The first-order valence-electron chi connectivity index (χ1n) is 12.4. The van der Waals surface area contributed by atoms with Gasteiger partial charge in [0.15, 0.2) is 0 Å². The normalized spacial score (nSPS) is 14.1. The molecule has 1 aliphatic carbocycles. The predicted octanol–water partition coefficient (Wildman–Crippen LogP) is 4.87. The van der Waals surface area contributed by atoms with Crippen LogP contribution in [-0.2, 0) is 13.1 Å². The van der Waals surface area contributed by atoms with Crippen LogP contribution in [0.5, 0.6) is 11.6 Å². The van der Waals surface area contributed by atoms with Gasteiger partial charge in [-0.15, -0.1) is 0 Å². The van der Waals surface area contributed by atoms with Crippen molar-refractivity contribution < 1.29 is 4.74 Å². The molecule has 7 heteroatoms. The number of ether oxygens (including phenoxy) is 1. The van der Waals surface area contributed by atoms with E-state index in [9.17, 15) is 0 Å². The quantitative estimate of drug-likeness (QED) is 0.286. The molecule has 5 N–H and O–H groups in total. The molecule has 0 amide bonds. The minimum Gasteiger partial charge on any atom is -0.439 e. The Morgan fingerprint density at radius 3 is 2.35 bits per heavy atom. The van der Waals surface area contributed by atoms with Gasteiger partial charge in [0.1, 0.15) is 11.6 Å². The highest BCUT2D eigenvalue weighted by Crippen LogP contribution is 2.22. The summed E-state index contributed by atoms with van der Waals surface area (Å²) in [6, 6.07) is 20.4. The third kappa shape index (κ3) is 8.01. The van der Waals surface area contributed by atoms with Crippen LogP contribution in [0, 0.1) is 0 Å². The van der Waals surface area contributed by atoms with Gasteiger partial charge in [0.05, 0.1) is 0 Å². The lowest BCUT2D eigenvalue weighted by atomic mass is 9.95. The maximum absolute atomic E-state index is 5.93. The summed E-state index contributed by atoms with van der Waals surface area (Å²) in [7, 11) is 0. The molecular formula is C27H36N6O. The monoisotopic (exact) mass is 460 g/mol. The molecule has 1 saturated carbocycles. The molecular weight excluding hydrogens is 424 g/mol. The number of nitrogens with two attached hydrogens (primary N) is 1. The Bertz CT molecular complexity index is 990. The number of benzene rings is 2. The lowest BCUT2D eigenvalue weighted by Gasteiger charge is -2.22. The average Bonchev–Trinajstić information content (AvgIpc) is 2.86. The zero-order chi connectivity index (χ0) is 23.4. The summed E-state index contributed by atoms with van der Waals surface area (Å²) in [5.74, 6) is 1.92. The van der Waals surface area contributed by atoms with E-state index in [-0.39, 0.29) is 0 Å². The Labute approximate surface area is 202 Å². The average molecular weight is 461 g/mol. The molecule has 2 aromatic carbocycles. The van der Waals surface area contributed by atoms with E-state index >= 15 is 0 Å². The van der Waals surface area contributed by atoms with Gasteiger partial charge in [-0.3, -0.25) is 0 Å². The van der Waals surface area contributed by atoms with E-state index in [0.717, 1.165) is 37.7 Å². The Morgan fingerprint density at radius 1 is 0.853 bits per heavy atom. The molecule has 0 bridgehead atoms. The fraction of sp³-hybridized carbons (Fsp3) is 0.407. The molecule has 4 rings (SSSR count). The van der Waals surface area contributed by atoms with Crippen LogP contribution in [0.4, 0.5) is 11.8 Å². The van der Waals surface area contributed by atoms with Crippen LogP contribution >= 0.6 is 0 Å². The molecule has 0 saturated heterocycles. The second-order valence-electron chi connectivity index (χ2n) is 8.86. The van der Waals surface area contributed by atoms with Crippen molar-refractivity contribution in [3.63, 3.8) is 0 Å². The summed E-state index contributed by atoms with van der Waals surface area (Å²) in [4.78, 5) is 8.68. The predicted molar refractivity (Wildman–Crippen MR) is 138 cm³/mol. The van der Waals surface area contributed by atoms with Gasteiger partial charge in [-0.05, 0) is 55.6 Å². The molecule has 1 aromatic heterocycles. The number of aromatic nitrogens is 2. The molecule has 0 aliphatic heterocycles. The van der Waals surface area contributed by atoms with Gasteiger partial charge in [0.25, 0.3) is 0 Å². The van der Waals surface area contributed by atoms with Gasteiger partial charge in [0.2, 0.25) is 11.8 Å². The topological polar surface area (TPSA) is 97.1 Å². The van der Waals surface area contributed by atoms with Crippen molar-refractivity contribution in [1.29, 1.82) is 0 Å². The van der Waals surface area contributed by atoms with Crippen LogP contribution < -0.4 is 26.4 Å². The molecule has 34 heavy (non-hydrogen) atoms. The van der Waals surface area contributed by atoms with Crippen LogP contribution in [0.25, 0.3) is 0 Å². The van der Waals surface area contributed by atoms with Crippen LogP contribution in [-0.4, -0.2) is 29.1 Å². The highest BCUT2D eigenvalue weighted by atomic mass is 16.5. The summed E-state index contributed by atoms with van der Waals surface area (Å²) in [6.07, 6.45) is 8.04. The van der Waals surface area contributed by atoms with Gasteiger partial charge >= 0.3 is 0 Å². The summed E-state index contributed by atoms with van der Waals surface area (Å²) < 4.78 is 5.78. The van der Waals surface area contributed by atoms with E-state index in [1.807, 2.05) is 30.3 Å². The summed E-state index contributed by atoms with van der Waals surface area (Å²) in [5.41, 5.74) is 8.36. The highest BCUT2D eigenvalue weighted by molar-refractivity contribution is 5.42. The van der Waals surface area contributed by atoms with Gasteiger partial charge in [-0.25, -0.2) is 0 Å². The Balaban J connectivity index is 1.17. The van der Waals surface area contributed by atoms with E-state index < -0.39 is 0 Å². The van der Waals surface area contributed by atoms with Gasteiger partial charge in [-0.2, -0.15) is 9.97 Å². The van der Waals surface area contributed by atoms with Crippen LogP contribution in [0.3, 0.4) is 0 Å². The number of para-hydroxylation sites is 1. The number of hydrogen-bond donors (Lipinski definition) is 4. The zero-order valence-corrected chi connectivity index (χ0v) is 19.8. The molecule has 180 valence electrons. The molecule has 0 spiro atoms. The van der Waals surface area contributed by atoms with Crippen LogP contribution in [0.2, 0.25) is 0 Å². The number of anilines is 2. The molecule has 0 unspecified atom stereocenters. The number of hydrogen-bond acceptors (Lipinski definition) is 7. The summed E-state index contributed by atoms with van der Waals surface area (Å²) in [6.45, 7) is 3.63. The smallest absolute Gasteiger partial charge is 0.228 e. The number of rotatable bonds is 12. The van der Waals surface area contributed by atoms with Crippen molar-refractivity contribution in [2.45, 2.75) is 57.7 Å². The van der Waals surface area contributed by atoms with Crippen LogP contribution in [0.1, 0.15) is 49.7 Å². The summed E-state index contributed by atoms with van der Waals surface area (Å²) in [5, 5.41) is 10.5. The fourth-order valence-corrected chi connectivity index (χ4v) is 4.20. The molecule has 1 fully saturated rings. The molecule has 1 heterocycles. The van der Waals surface area contributed by atoms with Crippen molar-refractivity contribution in [3.8, 4) is 11.6 Å². The van der Waals surface area contributed by atoms with E-state index in [1.54, 1.807) is 6.07 Å². The number of nitrogens with one attached hydrogen (secondary N) is 3. The summed E-state index contributed by atoms with van der Waals surface area (Å²) >= 11 is 0. The SMILES string of the molecule is Nc1cc(Oc2ccccc2)nc(NCc2ccc(CNCCCNC3CCCCC3)cc2)n1. The number of nitrogen functional groups attached to an aromatic ring is 1. The lowest BCUT2D eigenvalue weighted by Crippen LogP contribution is -2.33. The van der Waals surface area contributed by atoms with E-state index in [4.69, 9.17) is 10.5 Å². The second kappa shape index (κ2) is 12.9. The van der Waals surface area contributed by atoms with E-state index in [1.165, 1.54) is 37.7 Å². The fourth-order valence-electron chi connectivity index (χ4n) is 4.20. The minimum absolute atomic E-state index is 0.360. The highest BCUT2D eigenvalue weighted by Gasteiger charge is 2.11. The molecule has 3 aromatic rings. The van der Waals surface area contributed by atoms with Crippen molar-refractivity contribution in [2.75, 3.05) is 24.1 Å². The molecule has 1 aliphatic rings. The number of nitrogens with zero attached hydrogens (tertiary/aromatic N) is 2. The molecule has 0 atom stereocenters. The van der Waals surface area contributed by atoms with Gasteiger partial charge in [-0.1, -0.05) is 61.7 Å². The zero-order valence-electron chi connectivity index (χ0n) is 19.8. The third-order valence-corrected chi connectivity index (χ3v) is 6.06. The van der Waals surface area contributed by atoms with Crippen molar-refractivity contribution in [2.24, 2.45) is 0 Å². The van der Waals surface area contributed by atoms with Crippen molar-refractivity contribution in [1.82, 2.24) is 20.6 Å². The first kappa shape index (κ1) is 24.0. The maximum Gasteiger partial charge on any atom is 0.228 e. The largest absolute Gasteiger partial charge is 0.439 e.